The quantitative estimate of drug-likeness (QED) is 0.757. The van der Waals surface area contributed by atoms with Crippen molar-refractivity contribution in [3.05, 3.63) is 47.8 Å². The Kier molecular flexibility index (Phi) is 4.28. The number of benzene rings is 1. The van der Waals surface area contributed by atoms with Crippen LogP contribution in [0.2, 0.25) is 0 Å². The van der Waals surface area contributed by atoms with E-state index in [0.29, 0.717) is 30.3 Å². The van der Waals surface area contributed by atoms with Crippen LogP contribution in [0.4, 0.5) is 10.5 Å². The van der Waals surface area contributed by atoms with E-state index in [4.69, 9.17) is 4.74 Å². The van der Waals surface area contributed by atoms with Crippen molar-refractivity contribution in [3.8, 4) is 17.2 Å². The van der Waals surface area contributed by atoms with E-state index in [1.54, 1.807) is 17.3 Å². The second-order valence-electron chi connectivity index (χ2n) is 7.15. The monoisotopic (exact) mass is 360 g/mol. The molecule has 4 rings (SSSR count). The molecule has 136 valence electrons. The third-order valence-electron chi connectivity index (χ3n) is 4.72. The second kappa shape index (κ2) is 6.76. The number of H-pyrrole nitrogens is 1. The van der Waals surface area contributed by atoms with Gasteiger partial charge < -0.3 is 9.72 Å². The summed E-state index contributed by atoms with van der Waals surface area (Å²) in [4.78, 5) is 21.4. The molecule has 0 atom stereocenters. The van der Waals surface area contributed by atoms with E-state index in [1.807, 2.05) is 32.0 Å². The van der Waals surface area contributed by atoms with Crippen LogP contribution in [0.15, 0.2) is 36.7 Å². The molecule has 27 heavy (non-hydrogen) atoms. The lowest BCUT2D eigenvalue weighted by Gasteiger charge is -2.18. The van der Waals surface area contributed by atoms with Crippen molar-refractivity contribution >= 4 is 22.8 Å². The number of aromatic amines is 1. The number of pyridine rings is 1. The summed E-state index contributed by atoms with van der Waals surface area (Å²) in [6, 6.07) is 10.2. The van der Waals surface area contributed by atoms with Crippen LogP contribution >= 0.6 is 0 Å². The molecule has 1 aliphatic heterocycles. The highest BCUT2D eigenvalue weighted by Crippen LogP contribution is 2.33. The number of amides is 1. The molecule has 6 heteroatoms. The maximum Gasteiger partial charge on any atom is 0.414 e. The summed E-state index contributed by atoms with van der Waals surface area (Å²) in [6.45, 7) is 5.09. The predicted octanol–water partition coefficient (Wildman–Crippen LogP) is 4.26. The molecule has 0 spiro atoms. The third-order valence-corrected chi connectivity index (χ3v) is 4.72. The zero-order chi connectivity index (χ0) is 19.0. The summed E-state index contributed by atoms with van der Waals surface area (Å²) in [5.41, 5.74) is 5.27. The average molecular weight is 360 g/mol. The summed E-state index contributed by atoms with van der Waals surface area (Å²) in [5.74, 6) is 0.313. The van der Waals surface area contributed by atoms with E-state index in [0.717, 1.165) is 34.2 Å². The number of nitrogens with zero attached hydrogens (tertiary/aromatic N) is 3. The highest BCUT2D eigenvalue weighted by molar-refractivity contribution is 5.92. The number of aromatic nitrogens is 2. The summed E-state index contributed by atoms with van der Waals surface area (Å²) >= 11 is 0. The standard InChI is InChI=1S/C21H20N4O2/c1-13(2)12-27-21(26)25-6-5-15-7-14(3-4-19(15)25)16-8-18-17(9-22)11-24-20(18)23-10-16/h3-4,7-8,10-11,13H,5-6,12H2,1-2H3,(H,23,24). The van der Waals surface area contributed by atoms with Gasteiger partial charge in [0.25, 0.3) is 0 Å². The lowest BCUT2D eigenvalue weighted by Crippen LogP contribution is -2.30. The molecule has 1 N–H and O–H groups in total. The van der Waals surface area contributed by atoms with Gasteiger partial charge in [0.05, 0.1) is 17.9 Å². The van der Waals surface area contributed by atoms with Gasteiger partial charge in [0.15, 0.2) is 0 Å². The molecule has 0 bridgehead atoms. The summed E-state index contributed by atoms with van der Waals surface area (Å²) < 4.78 is 5.37. The molecule has 1 aromatic carbocycles. The van der Waals surface area contributed by atoms with E-state index in [9.17, 15) is 10.1 Å². The maximum absolute atomic E-state index is 12.3. The summed E-state index contributed by atoms with van der Waals surface area (Å²) in [7, 11) is 0. The van der Waals surface area contributed by atoms with E-state index in [-0.39, 0.29) is 6.09 Å². The number of fused-ring (bicyclic) bond motifs is 2. The van der Waals surface area contributed by atoms with E-state index in [2.05, 4.69) is 22.1 Å². The Morgan fingerprint density at radius 2 is 2.22 bits per heavy atom. The van der Waals surface area contributed by atoms with E-state index >= 15 is 0 Å². The molecular weight excluding hydrogens is 340 g/mol. The smallest absolute Gasteiger partial charge is 0.414 e. The van der Waals surface area contributed by atoms with Gasteiger partial charge in [-0.25, -0.2) is 9.78 Å². The zero-order valence-electron chi connectivity index (χ0n) is 15.3. The summed E-state index contributed by atoms with van der Waals surface area (Å²) in [5, 5.41) is 10.0. The Hall–Kier alpha value is -3.33. The topological polar surface area (TPSA) is 82.0 Å². The highest BCUT2D eigenvalue weighted by Gasteiger charge is 2.26. The van der Waals surface area contributed by atoms with Crippen LogP contribution in [0.25, 0.3) is 22.2 Å². The molecule has 0 radical (unpaired) electrons. The van der Waals surface area contributed by atoms with Gasteiger partial charge in [0.1, 0.15) is 11.7 Å². The van der Waals surface area contributed by atoms with Crippen LogP contribution in [-0.2, 0) is 11.2 Å². The number of ether oxygens (including phenoxy) is 1. The molecule has 1 amide bonds. The Balaban J connectivity index is 1.63. The fourth-order valence-electron chi connectivity index (χ4n) is 3.34. The highest BCUT2D eigenvalue weighted by atomic mass is 16.6. The number of nitrogens with one attached hydrogen (secondary N) is 1. The van der Waals surface area contributed by atoms with Crippen molar-refractivity contribution < 1.29 is 9.53 Å². The SMILES string of the molecule is CC(C)COC(=O)N1CCc2cc(-c3cnc4[nH]cc(C#N)c4c3)ccc21. The molecular formula is C21H20N4O2. The lowest BCUT2D eigenvalue weighted by atomic mass is 10.0. The number of hydrogen-bond donors (Lipinski definition) is 1. The van der Waals surface area contributed by atoms with Crippen molar-refractivity contribution in [1.29, 1.82) is 5.26 Å². The predicted molar refractivity (Wildman–Crippen MR) is 103 cm³/mol. The Morgan fingerprint density at radius 1 is 1.37 bits per heavy atom. The Labute approximate surface area is 157 Å². The van der Waals surface area contributed by atoms with Crippen molar-refractivity contribution in [1.82, 2.24) is 9.97 Å². The molecule has 0 aliphatic carbocycles. The molecule has 0 unspecified atom stereocenters. The van der Waals surface area contributed by atoms with Gasteiger partial charge in [-0.3, -0.25) is 4.90 Å². The minimum Gasteiger partial charge on any atom is -0.449 e. The molecule has 6 nitrogen and oxygen atoms in total. The van der Waals surface area contributed by atoms with Gasteiger partial charge in [-0.15, -0.1) is 0 Å². The van der Waals surface area contributed by atoms with Crippen LogP contribution in [-0.4, -0.2) is 29.2 Å². The Bertz CT molecular complexity index is 1060. The minimum atomic E-state index is -0.288. The van der Waals surface area contributed by atoms with Crippen LogP contribution < -0.4 is 4.90 Å². The van der Waals surface area contributed by atoms with Crippen LogP contribution in [0.3, 0.4) is 0 Å². The number of anilines is 1. The second-order valence-corrected chi connectivity index (χ2v) is 7.15. The minimum absolute atomic E-state index is 0.288. The maximum atomic E-state index is 12.3. The Morgan fingerprint density at radius 3 is 3.00 bits per heavy atom. The van der Waals surface area contributed by atoms with E-state index in [1.165, 1.54) is 0 Å². The number of nitriles is 1. The van der Waals surface area contributed by atoms with E-state index < -0.39 is 0 Å². The first kappa shape index (κ1) is 17.1. The zero-order valence-corrected chi connectivity index (χ0v) is 15.3. The van der Waals surface area contributed by atoms with Gasteiger partial charge in [0.2, 0.25) is 0 Å². The first-order valence-corrected chi connectivity index (χ1v) is 9.01. The van der Waals surface area contributed by atoms with Crippen molar-refractivity contribution in [3.63, 3.8) is 0 Å². The van der Waals surface area contributed by atoms with Gasteiger partial charge >= 0.3 is 6.09 Å². The van der Waals surface area contributed by atoms with Gasteiger partial charge in [-0.05, 0) is 41.7 Å². The molecule has 0 saturated carbocycles. The number of carbonyl (C=O) groups excluding carboxylic acids is 1. The molecule has 2 aromatic heterocycles. The lowest BCUT2D eigenvalue weighted by molar-refractivity contribution is 0.140. The fourth-order valence-corrected chi connectivity index (χ4v) is 3.34. The first-order chi connectivity index (χ1) is 13.1. The molecule has 0 fully saturated rings. The van der Waals surface area contributed by atoms with Crippen molar-refractivity contribution in [2.24, 2.45) is 5.92 Å². The normalized spacial score (nSPS) is 13.0. The molecule has 1 aliphatic rings. The number of hydrogen-bond acceptors (Lipinski definition) is 4. The number of rotatable bonds is 3. The summed E-state index contributed by atoms with van der Waals surface area (Å²) in [6.07, 6.45) is 3.98. The molecule has 3 aromatic rings. The fraction of sp³-hybridized carbons (Fsp3) is 0.286. The number of carbonyl (C=O) groups is 1. The van der Waals surface area contributed by atoms with Crippen LogP contribution in [0, 0.1) is 17.2 Å². The van der Waals surface area contributed by atoms with Crippen molar-refractivity contribution in [2.45, 2.75) is 20.3 Å². The van der Waals surface area contributed by atoms with Gasteiger partial charge in [-0.2, -0.15) is 5.26 Å². The van der Waals surface area contributed by atoms with Crippen LogP contribution in [0.5, 0.6) is 0 Å². The van der Waals surface area contributed by atoms with Gasteiger partial charge in [-0.1, -0.05) is 19.9 Å². The largest absolute Gasteiger partial charge is 0.449 e. The van der Waals surface area contributed by atoms with Gasteiger partial charge in [0, 0.05) is 29.9 Å². The first-order valence-electron chi connectivity index (χ1n) is 9.01. The van der Waals surface area contributed by atoms with Crippen LogP contribution in [0.1, 0.15) is 25.0 Å². The average Bonchev–Trinajstić information content (AvgIpc) is 3.28. The molecule has 3 heterocycles. The third kappa shape index (κ3) is 3.13. The van der Waals surface area contributed by atoms with Crippen molar-refractivity contribution in [2.75, 3.05) is 18.1 Å². The molecule has 0 saturated heterocycles.